The number of anilines is 1. The molecule has 0 atom stereocenters. The third-order valence-corrected chi connectivity index (χ3v) is 4.10. The first-order valence-corrected chi connectivity index (χ1v) is 8.20. The second-order valence-corrected chi connectivity index (χ2v) is 5.84. The Morgan fingerprint density at radius 2 is 1.92 bits per heavy atom. The molecule has 0 bridgehead atoms. The number of nitrogens with one attached hydrogen (secondary N) is 3. The van der Waals surface area contributed by atoms with Gasteiger partial charge in [-0.1, -0.05) is 24.3 Å². The van der Waals surface area contributed by atoms with Gasteiger partial charge < -0.3 is 10.3 Å². The van der Waals surface area contributed by atoms with Crippen LogP contribution in [0.15, 0.2) is 54.7 Å². The van der Waals surface area contributed by atoms with Gasteiger partial charge in [0.2, 0.25) is 0 Å². The van der Waals surface area contributed by atoms with E-state index < -0.39 is 6.67 Å². The van der Waals surface area contributed by atoms with Crippen LogP contribution in [0.2, 0.25) is 0 Å². The highest BCUT2D eigenvalue weighted by molar-refractivity contribution is 6.05. The molecule has 0 fully saturated rings. The Morgan fingerprint density at radius 1 is 1.12 bits per heavy atom. The Hall–Kier alpha value is -3.48. The summed E-state index contributed by atoms with van der Waals surface area (Å²) in [5.41, 5.74) is 4.13. The molecular formula is C19H16FN5O. The number of hydrogen-bond acceptors (Lipinski definition) is 3. The molecule has 0 radical (unpaired) electrons. The lowest BCUT2D eigenvalue weighted by Crippen LogP contribution is -2.12. The average molecular weight is 349 g/mol. The quantitative estimate of drug-likeness (QED) is 0.513. The Morgan fingerprint density at radius 3 is 2.69 bits per heavy atom. The van der Waals surface area contributed by atoms with E-state index in [2.05, 4.69) is 25.5 Å². The summed E-state index contributed by atoms with van der Waals surface area (Å²) < 4.78 is 12.4. The monoisotopic (exact) mass is 349 g/mol. The molecule has 0 saturated carbocycles. The van der Waals surface area contributed by atoms with Crippen molar-refractivity contribution in [1.29, 1.82) is 0 Å². The molecule has 0 spiro atoms. The number of fused-ring (bicyclic) bond motifs is 1. The van der Waals surface area contributed by atoms with Crippen molar-refractivity contribution in [3.63, 3.8) is 0 Å². The number of aromatic nitrogens is 4. The molecule has 4 rings (SSSR count). The first kappa shape index (κ1) is 16.0. The molecule has 0 saturated heterocycles. The van der Waals surface area contributed by atoms with Crippen molar-refractivity contribution in [3.05, 3.63) is 65.9 Å². The van der Waals surface area contributed by atoms with Gasteiger partial charge in [-0.05, 0) is 29.8 Å². The Kier molecular flexibility index (Phi) is 4.18. The standard InChI is InChI=1S/C19H16FN5O/c20-10-9-12-5-7-13(8-6-12)19(26)24-16-11-21-25-17(16)18-22-14-3-1-2-4-15(14)23-18/h1-8,11H,9-10H2,(H,21,25)(H,22,23)(H,24,26). The van der Waals surface area contributed by atoms with Crippen LogP contribution in [0.5, 0.6) is 0 Å². The number of aromatic amines is 2. The van der Waals surface area contributed by atoms with E-state index in [1.807, 2.05) is 24.3 Å². The van der Waals surface area contributed by atoms with Gasteiger partial charge in [0.1, 0.15) is 0 Å². The second kappa shape index (κ2) is 6.79. The van der Waals surface area contributed by atoms with Crippen LogP contribution in [0.1, 0.15) is 15.9 Å². The van der Waals surface area contributed by atoms with E-state index >= 15 is 0 Å². The molecule has 1 amide bonds. The Labute approximate surface area is 148 Å². The maximum Gasteiger partial charge on any atom is 0.255 e. The number of para-hydroxylation sites is 2. The summed E-state index contributed by atoms with van der Waals surface area (Å²) in [5, 5.41) is 9.78. The molecular weight excluding hydrogens is 333 g/mol. The van der Waals surface area contributed by atoms with Crippen LogP contribution >= 0.6 is 0 Å². The van der Waals surface area contributed by atoms with Crippen molar-refractivity contribution in [3.8, 4) is 11.5 Å². The number of halogens is 1. The van der Waals surface area contributed by atoms with Crippen molar-refractivity contribution >= 4 is 22.6 Å². The highest BCUT2D eigenvalue weighted by Crippen LogP contribution is 2.25. The lowest BCUT2D eigenvalue weighted by Gasteiger charge is -2.05. The summed E-state index contributed by atoms with van der Waals surface area (Å²) >= 11 is 0. The summed E-state index contributed by atoms with van der Waals surface area (Å²) in [5.74, 6) is 0.302. The van der Waals surface area contributed by atoms with Crippen LogP contribution in [0.3, 0.4) is 0 Å². The zero-order chi connectivity index (χ0) is 17.9. The topological polar surface area (TPSA) is 86.5 Å². The normalized spacial score (nSPS) is 11.0. The molecule has 2 heterocycles. The fraction of sp³-hybridized carbons (Fsp3) is 0.105. The van der Waals surface area contributed by atoms with Crippen LogP contribution < -0.4 is 5.32 Å². The molecule has 4 aromatic rings. The number of carbonyl (C=O) groups excluding carboxylic acids is 1. The lowest BCUT2D eigenvalue weighted by atomic mass is 10.1. The van der Waals surface area contributed by atoms with Crippen LogP contribution in [0.25, 0.3) is 22.6 Å². The van der Waals surface area contributed by atoms with Crippen molar-refractivity contribution in [1.82, 2.24) is 20.2 Å². The van der Waals surface area contributed by atoms with Gasteiger partial charge >= 0.3 is 0 Å². The minimum Gasteiger partial charge on any atom is -0.337 e. The number of aryl methyl sites for hydroxylation is 1. The molecule has 2 aromatic heterocycles. The Balaban J connectivity index is 1.57. The minimum atomic E-state index is -0.415. The maximum absolute atomic E-state index is 12.5. The summed E-state index contributed by atoms with van der Waals surface area (Å²) in [6.07, 6.45) is 1.96. The molecule has 6 nitrogen and oxygen atoms in total. The SMILES string of the molecule is O=C(Nc1c[nH]nc1-c1nc2ccccc2[nH]1)c1ccc(CCF)cc1. The van der Waals surface area contributed by atoms with E-state index in [0.717, 1.165) is 16.6 Å². The highest BCUT2D eigenvalue weighted by Gasteiger charge is 2.15. The second-order valence-electron chi connectivity index (χ2n) is 5.84. The minimum absolute atomic E-state index is 0.268. The van der Waals surface area contributed by atoms with Crippen molar-refractivity contribution in [2.45, 2.75) is 6.42 Å². The van der Waals surface area contributed by atoms with Gasteiger partial charge in [0.15, 0.2) is 11.5 Å². The number of H-pyrrole nitrogens is 2. The number of imidazole rings is 1. The first-order chi connectivity index (χ1) is 12.7. The van der Waals surface area contributed by atoms with Gasteiger partial charge in [0.25, 0.3) is 5.91 Å². The number of amides is 1. The highest BCUT2D eigenvalue weighted by atomic mass is 19.1. The van der Waals surface area contributed by atoms with Crippen LogP contribution in [-0.4, -0.2) is 32.7 Å². The van der Waals surface area contributed by atoms with E-state index in [0.29, 0.717) is 29.2 Å². The van der Waals surface area contributed by atoms with Gasteiger partial charge in [-0.2, -0.15) is 5.10 Å². The molecule has 26 heavy (non-hydrogen) atoms. The number of nitrogens with zero attached hydrogens (tertiary/aromatic N) is 2. The van der Waals surface area contributed by atoms with Crippen molar-refractivity contribution in [2.24, 2.45) is 0 Å². The summed E-state index contributed by atoms with van der Waals surface area (Å²) in [6.45, 7) is -0.415. The molecule has 0 unspecified atom stereocenters. The average Bonchev–Trinajstić information content (AvgIpc) is 3.28. The van der Waals surface area contributed by atoms with Crippen LogP contribution in [0.4, 0.5) is 10.1 Å². The van der Waals surface area contributed by atoms with Gasteiger partial charge in [-0.3, -0.25) is 14.3 Å². The first-order valence-electron chi connectivity index (χ1n) is 8.20. The zero-order valence-corrected chi connectivity index (χ0v) is 13.8. The number of hydrogen-bond donors (Lipinski definition) is 3. The van der Waals surface area contributed by atoms with Gasteiger partial charge in [0, 0.05) is 18.2 Å². The van der Waals surface area contributed by atoms with E-state index in [9.17, 15) is 9.18 Å². The predicted molar refractivity (Wildman–Crippen MR) is 97.7 cm³/mol. The fourth-order valence-corrected chi connectivity index (χ4v) is 2.76. The Bertz CT molecular complexity index is 1020. The van der Waals surface area contributed by atoms with E-state index in [4.69, 9.17) is 0 Å². The number of carbonyl (C=O) groups is 1. The van der Waals surface area contributed by atoms with E-state index in [1.165, 1.54) is 0 Å². The van der Waals surface area contributed by atoms with E-state index in [-0.39, 0.29) is 5.91 Å². The predicted octanol–water partition coefficient (Wildman–Crippen LogP) is 3.72. The molecule has 130 valence electrons. The summed E-state index contributed by atoms with van der Waals surface area (Å²) in [4.78, 5) is 20.2. The summed E-state index contributed by atoms with van der Waals surface area (Å²) in [7, 11) is 0. The smallest absolute Gasteiger partial charge is 0.255 e. The number of alkyl halides is 1. The fourth-order valence-electron chi connectivity index (χ4n) is 2.76. The van der Waals surface area contributed by atoms with Crippen molar-refractivity contribution < 1.29 is 9.18 Å². The van der Waals surface area contributed by atoms with Gasteiger partial charge in [-0.15, -0.1) is 0 Å². The molecule has 0 aliphatic rings. The number of rotatable bonds is 5. The zero-order valence-electron chi connectivity index (χ0n) is 13.8. The van der Waals surface area contributed by atoms with Crippen molar-refractivity contribution in [2.75, 3.05) is 12.0 Å². The molecule has 2 aromatic carbocycles. The lowest BCUT2D eigenvalue weighted by molar-refractivity contribution is 0.102. The largest absolute Gasteiger partial charge is 0.337 e. The third-order valence-electron chi connectivity index (χ3n) is 4.10. The molecule has 3 N–H and O–H groups in total. The van der Waals surface area contributed by atoms with Gasteiger partial charge in [0.05, 0.1) is 23.4 Å². The van der Waals surface area contributed by atoms with Crippen LogP contribution in [0, 0.1) is 0 Å². The number of benzene rings is 2. The molecule has 0 aliphatic carbocycles. The van der Waals surface area contributed by atoms with Gasteiger partial charge in [-0.25, -0.2) is 4.98 Å². The molecule has 7 heteroatoms. The van der Waals surface area contributed by atoms with Crippen LogP contribution in [-0.2, 0) is 6.42 Å². The van der Waals surface area contributed by atoms with E-state index in [1.54, 1.807) is 30.5 Å². The maximum atomic E-state index is 12.5. The third kappa shape index (κ3) is 3.06. The summed E-state index contributed by atoms with van der Waals surface area (Å²) in [6, 6.07) is 14.5. The molecule has 0 aliphatic heterocycles.